The van der Waals surface area contributed by atoms with E-state index in [9.17, 15) is 19.2 Å². The molecule has 5 N–H and O–H groups in total. The van der Waals surface area contributed by atoms with Gasteiger partial charge in [0.15, 0.2) is 11.6 Å². The van der Waals surface area contributed by atoms with E-state index in [0.29, 0.717) is 57.0 Å². The molecule has 2 saturated heterocycles. The molecule has 7 rings (SSSR count). The van der Waals surface area contributed by atoms with Crippen molar-refractivity contribution >= 4 is 56.6 Å². The number of nitrogens with one attached hydrogen (secondary N) is 4. The third-order valence-electron chi connectivity index (χ3n) is 9.30. The summed E-state index contributed by atoms with van der Waals surface area (Å²) in [6.07, 6.45) is 4.16. The standard InChI is InChI=1S/C33H32F2N8O5/c1-36-22-9-21(34)28(35)26-27-30(42-8-7-17-13-41(2)15-23(17)42)20(10-38-31(27)40-29(22)26)16-3-4-18-5-6-19(33(48)43(18)14-16)32(47)39-11-24(44)37-12-25(45)46/h3-6,9-10,14,17,23,36H,7-8,11-13,15H2,1-2H3,(H,37,44)(H,38,40)(H,39,47)(H,45,46)/t17-,23+/m0/s1. The highest BCUT2D eigenvalue weighted by atomic mass is 19.2. The molecule has 2 aliphatic heterocycles. The van der Waals surface area contributed by atoms with Gasteiger partial charge in [-0.2, -0.15) is 0 Å². The maximum atomic E-state index is 15.8. The Kier molecular flexibility index (Phi) is 7.70. The van der Waals surface area contributed by atoms with E-state index < -0.39 is 48.1 Å². The Balaban J connectivity index is 1.37. The third-order valence-corrected chi connectivity index (χ3v) is 9.30. The fourth-order valence-corrected chi connectivity index (χ4v) is 7.12. The second kappa shape index (κ2) is 11.9. The Morgan fingerprint density at radius 3 is 2.65 bits per heavy atom. The minimum Gasteiger partial charge on any atom is -0.480 e. The van der Waals surface area contributed by atoms with Gasteiger partial charge in [-0.05, 0) is 37.6 Å². The lowest BCUT2D eigenvalue weighted by molar-refractivity contribution is -0.137. The lowest BCUT2D eigenvalue weighted by atomic mass is 10.00. The van der Waals surface area contributed by atoms with Gasteiger partial charge in [-0.15, -0.1) is 0 Å². The van der Waals surface area contributed by atoms with Crippen LogP contribution in [0.2, 0.25) is 0 Å². The summed E-state index contributed by atoms with van der Waals surface area (Å²) < 4.78 is 32.1. The largest absolute Gasteiger partial charge is 0.480 e. The third kappa shape index (κ3) is 5.15. The fraction of sp³-hybridized carbons (Fsp3) is 0.303. The number of fused-ring (bicyclic) bond motifs is 5. The molecule has 248 valence electrons. The van der Waals surface area contributed by atoms with Gasteiger partial charge in [-0.1, -0.05) is 6.07 Å². The Morgan fingerprint density at radius 2 is 1.88 bits per heavy atom. The molecule has 48 heavy (non-hydrogen) atoms. The van der Waals surface area contributed by atoms with Gasteiger partial charge >= 0.3 is 5.97 Å². The number of H-pyrrole nitrogens is 1. The first kappa shape index (κ1) is 31.1. The summed E-state index contributed by atoms with van der Waals surface area (Å²) in [6, 6.07) is 7.70. The molecule has 0 unspecified atom stereocenters. The number of aromatic amines is 1. The minimum absolute atomic E-state index is 0.0813. The molecule has 5 aromatic rings. The number of likely N-dealkylation sites (N-methyl/N-ethyl adjacent to an activating group) is 1. The van der Waals surface area contributed by atoms with Crippen LogP contribution in [0.1, 0.15) is 16.8 Å². The molecule has 0 radical (unpaired) electrons. The number of aromatic nitrogens is 3. The normalized spacial score (nSPS) is 17.7. The number of carboxylic acids is 1. The number of halogens is 2. The first-order valence-electron chi connectivity index (χ1n) is 15.4. The number of rotatable bonds is 8. The average Bonchev–Trinajstić information content (AvgIpc) is 3.76. The Morgan fingerprint density at radius 1 is 1.08 bits per heavy atom. The smallest absolute Gasteiger partial charge is 0.322 e. The molecule has 15 heteroatoms. The van der Waals surface area contributed by atoms with Crippen LogP contribution >= 0.6 is 0 Å². The van der Waals surface area contributed by atoms with Gasteiger partial charge in [-0.3, -0.25) is 23.6 Å². The Hall–Kier alpha value is -5.57. The molecule has 0 aliphatic carbocycles. The van der Waals surface area contributed by atoms with Crippen molar-refractivity contribution in [2.45, 2.75) is 12.5 Å². The molecule has 0 bridgehead atoms. The maximum absolute atomic E-state index is 15.8. The summed E-state index contributed by atoms with van der Waals surface area (Å²) in [5.74, 6) is -4.36. The summed E-state index contributed by atoms with van der Waals surface area (Å²) in [5, 5.41) is 16.7. The lowest BCUT2D eigenvalue weighted by Gasteiger charge is -2.29. The Labute approximate surface area is 271 Å². The molecule has 13 nitrogen and oxygen atoms in total. The van der Waals surface area contributed by atoms with Crippen LogP contribution in [0.15, 0.2) is 47.5 Å². The summed E-state index contributed by atoms with van der Waals surface area (Å²) in [7, 11) is 3.69. The first-order chi connectivity index (χ1) is 23.0. The zero-order valence-corrected chi connectivity index (χ0v) is 26.1. The van der Waals surface area contributed by atoms with Crippen LogP contribution in [0.3, 0.4) is 0 Å². The molecule has 2 atom stereocenters. The number of nitrogens with zero attached hydrogens (tertiary/aromatic N) is 4. The van der Waals surface area contributed by atoms with Crippen LogP contribution in [0.5, 0.6) is 0 Å². The summed E-state index contributed by atoms with van der Waals surface area (Å²) >= 11 is 0. The van der Waals surface area contributed by atoms with Crippen LogP contribution in [0, 0.1) is 17.6 Å². The number of likely N-dealkylation sites (tertiary alicyclic amines) is 1. The van der Waals surface area contributed by atoms with Gasteiger partial charge in [0.1, 0.15) is 17.8 Å². The zero-order valence-electron chi connectivity index (χ0n) is 26.1. The SMILES string of the molecule is CNc1cc(F)c(F)c2c1[nH]c1ncc(-c3ccc4ccc(C(=O)NCC(=O)NCC(=O)O)c(=O)n4c3)c(N3CC[C@H]4CN(C)C[C@H]43)c12. The van der Waals surface area contributed by atoms with Crippen LogP contribution in [-0.4, -0.2) is 95.0 Å². The Bertz CT molecular complexity index is 2220. The van der Waals surface area contributed by atoms with Gasteiger partial charge in [0.25, 0.3) is 11.5 Å². The molecule has 4 aromatic heterocycles. The molecular weight excluding hydrogens is 626 g/mol. The van der Waals surface area contributed by atoms with E-state index in [4.69, 9.17) is 5.11 Å². The predicted molar refractivity (Wildman–Crippen MR) is 175 cm³/mol. The monoisotopic (exact) mass is 658 g/mol. The van der Waals surface area contributed by atoms with Crippen molar-refractivity contribution in [2.75, 3.05) is 57.0 Å². The molecule has 0 saturated carbocycles. The van der Waals surface area contributed by atoms with Crippen molar-refractivity contribution in [1.29, 1.82) is 0 Å². The molecule has 0 spiro atoms. The molecule has 1 aromatic carbocycles. The number of pyridine rings is 3. The number of hydrogen-bond acceptors (Lipinski definition) is 8. The second-order valence-electron chi connectivity index (χ2n) is 12.2. The summed E-state index contributed by atoms with van der Waals surface area (Å²) in [4.78, 5) is 61.5. The fourth-order valence-electron chi connectivity index (χ4n) is 7.12. The van der Waals surface area contributed by atoms with Gasteiger partial charge < -0.3 is 35.8 Å². The van der Waals surface area contributed by atoms with Crippen molar-refractivity contribution in [3.63, 3.8) is 0 Å². The van der Waals surface area contributed by atoms with E-state index >= 15 is 8.78 Å². The topological polar surface area (TPSA) is 164 Å². The number of carbonyl (C=O) groups excluding carboxylic acids is 2. The van der Waals surface area contributed by atoms with E-state index in [1.54, 1.807) is 31.6 Å². The predicted octanol–water partition coefficient (Wildman–Crippen LogP) is 2.39. The van der Waals surface area contributed by atoms with E-state index in [-0.39, 0.29) is 17.0 Å². The van der Waals surface area contributed by atoms with E-state index in [2.05, 4.69) is 42.8 Å². The quantitative estimate of drug-likeness (QED) is 0.168. The summed E-state index contributed by atoms with van der Waals surface area (Å²) in [5.41, 5.74) is 2.63. The second-order valence-corrected chi connectivity index (χ2v) is 12.2. The van der Waals surface area contributed by atoms with Gasteiger partial charge in [0, 0.05) is 67.8 Å². The van der Waals surface area contributed by atoms with Crippen molar-refractivity contribution in [1.82, 2.24) is 29.9 Å². The molecule has 6 heterocycles. The number of carbonyl (C=O) groups is 3. The minimum atomic E-state index is -1.24. The molecule has 2 amide bonds. The van der Waals surface area contributed by atoms with E-state index in [0.717, 1.165) is 25.6 Å². The van der Waals surface area contributed by atoms with Crippen LogP contribution in [-0.2, 0) is 9.59 Å². The number of amides is 2. The number of carboxylic acid groups (broad SMARTS) is 1. The highest BCUT2D eigenvalue weighted by Crippen LogP contribution is 2.46. The lowest BCUT2D eigenvalue weighted by Crippen LogP contribution is -2.40. The van der Waals surface area contributed by atoms with Crippen molar-refractivity contribution in [3.8, 4) is 11.1 Å². The number of anilines is 2. The average molecular weight is 659 g/mol. The van der Waals surface area contributed by atoms with E-state index in [1.165, 1.54) is 10.5 Å². The number of aliphatic carboxylic acids is 1. The highest BCUT2D eigenvalue weighted by Gasteiger charge is 2.42. The maximum Gasteiger partial charge on any atom is 0.322 e. The zero-order chi connectivity index (χ0) is 33.9. The van der Waals surface area contributed by atoms with E-state index in [1.807, 2.05) is 6.07 Å². The first-order valence-corrected chi connectivity index (χ1v) is 15.4. The van der Waals surface area contributed by atoms with Gasteiger partial charge in [0.2, 0.25) is 5.91 Å². The number of benzene rings is 1. The summed E-state index contributed by atoms with van der Waals surface area (Å²) in [6.45, 7) is 1.27. The van der Waals surface area contributed by atoms with Gasteiger partial charge in [0.05, 0.1) is 34.2 Å². The molecule has 2 aliphatic rings. The number of hydrogen-bond donors (Lipinski definition) is 5. The highest BCUT2D eigenvalue weighted by molar-refractivity contribution is 6.18. The molecule has 2 fully saturated rings. The van der Waals surface area contributed by atoms with Crippen LogP contribution in [0.4, 0.5) is 20.2 Å². The van der Waals surface area contributed by atoms with Crippen molar-refractivity contribution in [3.05, 3.63) is 70.3 Å². The van der Waals surface area contributed by atoms with Crippen molar-refractivity contribution < 1.29 is 28.3 Å². The van der Waals surface area contributed by atoms with Crippen molar-refractivity contribution in [2.24, 2.45) is 5.92 Å². The van der Waals surface area contributed by atoms with Crippen LogP contribution in [0.25, 0.3) is 38.6 Å². The van der Waals surface area contributed by atoms with Crippen LogP contribution < -0.4 is 26.4 Å². The van der Waals surface area contributed by atoms with Gasteiger partial charge in [-0.25, -0.2) is 13.8 Å². The molecular formula is C33H32F2N8O5.